The van der Waals surface area contributed by atoms with Gasteiger partial charge in [0.15, 0.2) is 0 Å². The van der Waals surface area contributed by atoms with Crippen molar-refractivity contribution in [2.24, 2.45) is 17.3 Å². The van der Waals surface area contributed by atoms with E-state index in [9.17, 15) is 0 Å². The minimum absolute atomic E-state index is 0.331. The minimum atomic E-state index is 0.331. The van der Waals surface area contributed by atoms with Gasteiger partial charge in [0, 0.05) is 29.7 Å². The van der Waals surface area contributed by atoms with Gasteiger partial charge in [-0.3, -0.25) is 9.80 Å². The van der Waals surface area contributed by atoms with Crippen LogP contribution >= 0.6 is 0 Å². The first-order valence-electron chi connectivity index (χ1n) is 13.1. The second-order valence-corrected chi connectivity index (χ2v) is 12.5. The molecule has 3 fully saturated rings. The van der Waals surface area contributed by atoms with E-state index in [0.29, 0.717) is 17.0 Å². The van der Waals surface area contributed by atoms with Gasteiger partial charge in [0.05, 0.1) is 0 Å². The fourth-order valence-electron chi connectivity index (χ4n) is 7.51. The quantitative estimate of drug-likeness (QED) is 0.403. The Kier molecular flexibility index (Phi) is 7.47. The zero-order valence-corrected chi connectivity index (χ0v) is 21.1. The van der Waals surface area contributed by atoms with Crippen LogP contribution in [-0.2, 0) is 0 Å². The molecule has 0 amide bonds. The van der Waals surface area contributed by atoms with Crippen molar-refractivity contribution in [3.8, 4) is 0 Å². The average molecular weight is 405 g/mol. The van der Waals surface area contributed by atoms with Crippen molar-refractivity contribution in [2.45, 2.75) is 149 Å². The summed E-state index contributed by atoms with van der Waals surface area (Å²) in [5.41, 5.74) is 0.744. The zero-order chi connectivity index (χ0) is 21.4. The van der Waals surface area contributed by atoms with E-state index in [1.807, 2.05) is 0 Å². The highest BCUT2D eigenvalue weighted by Crippen LogP contribution is 2.49. The standard InChI is InChI=1S/C27H52N2/c1-9-12-21(4)23-15-11-18-28(23)27(7,8)17-16-26(5,6)25-19-22-13-10-14-24(22)29(25)20(2)3/h20-25H,9-19H2,1-8H3. The Balaban J connectivity index is 1.65. The molecule has 170 valence electrons. The summed E-state index contributed by atoms with van der Waals surface area (Å²) in [6, 6.07) is 3.16. The van der Waals surface area contributed by atoms with Crippen LogP contribution in [0.5, 0.6) is 0 Å². The number of nitrogens with zero attached hydrogens (tertiary/aromatic N) is 2. The molecule has 0 bridgehead atoms. The van der Waals surface area contributed by atoms with Crippen LogP contribution in [0.1, 0.15) is 120 Å². The van der Waals surface area contributed by atoms with Crippen molar-refractivity contribution in [1.82, 2.24) is 9.80 Å². The van der Waals surface area contributed by atoms with Crippen LogP contribution < -0.4 is 0 Å². The van der Waals surface area contributed by atoms with Crippen molar-refractivity contribution >= 4 is 0 Å². The molecular weight excluding hydrogens is 352 g/mol. The summed E-state index contributed by atoms with van der Waals surface area (Å²) in [7, 11) is 0. The number of hydrogen-bond acceptors (Lipinski definition) is 2. The van der Waals surface area contributed by atoms with E-state index in [2.05, 4.69) is 65.2 Å². The van der Waals surface area contributed by atoms with Gasteiger partial charge in [0.2, 0.25) is 0 Å². The van der Waals surface area contributed by atoms with E-state index in [-0.39, 0.29) is 0 Å². The van der Waals surface area contributed by atoms with Crippen LogP contribution in [0.4, 0.5) is 0 Å². The van der Waals surface area contributed by atoms with E-state index >= 15 is 0 Å². The maximum atomic E-state index is 2.95. The number of likely N-dealkylation sites (tertiary alicyclic amines) is 2. The molecule has 1 saturated carbocycles. The van der Waals surface area contributed by atoms with Gasteiger partial charge in [-0.05, 0) is 103 Å². The highest BCUT2D eigenvalue weighted by atomic mass is 15.3. The summed E-state index contributed by atoms with van der Waals surface area (Å²) in [6.07, 6.45) is 14.1. The number of rotatable bonds is 9. The Bertz CT molecular complexity index is 523. The molecule has 0 aromatic carbocycles. The largest absolute Gasteiger partial charge is 0.295 e. The van der Waals surface area contributed by atoms with Crippen LogP contribution in [0, 0.1) is 17.3 Å². The van der Waals surface area contributed by atoms with Crippen molar-refractivity contribution in [1.29, 1.82) is 0 Å². The predicted octanol–water partition coefficient (Wildman–Crippen LogP) is 7.12. The lowest BCUT2D eigenvalue weighted by Crippen LogP contribution is -2.51. The van der Waals surface area contributed by atoms with E-state index in [1.54, 1.807) is 0 Å². The second-order valence-electron chi connectivity index (χ2n) is 12.5. The maximum Gasteiger partial charge on any atom is 0.0156 e. The summed E-state index contributed by atoms with van der Waals surface area (Å²) in [4.78, 5) is 5.86. The fourth-order valence-corrected chi connectivity index (χ4v) is 7.51. The molecule has 5 unspecified atom stereocenters. The lowest BCUT2D eigenvalue weighted by Gasteiger charge is -2.46. The second kappa shape index (κ2) is 9.19. The lowest BCUT2D eigenvalue weighted by molar-refractivity contribution is 0.0291. The van der Waals surface area contributed by atoms with Gasteiger partial charge in [0.25, 0.3) is 0 Å². The molecule has 1 aliphatic carbocycles. The van der Waals surface area contributed by atoms with Gasteiger partial charge in [-0.15, -0.1) is 0 Å². The number of hydrogen-bond donors (Lipinski definition) is 0. The van der Waals surface area contributed by atoms with Crippen molar-refractivity contribution < 1.29 is 0 Å². The predicted molar refractivity (Wildman–Crippen MR) is 127 cm³/mol. The molecule has 2 nitrogen and oxygen atoms in total. The molecule has 29 heavy (non-hydrogen) atoms. The zero-order valence-electron chi connectivity index (χ0n) is 21.1. The third-order valence-electron chi connectivity index (χ3n) is 9.24. The normalized spacial score (nSPS) is 33.0. The molecule has 0 aromatic heterocycles. The van der Waals surface area contributed by atoms with E-state index in [4.69, 9.17) is 0 Å². The topological polar surface area (TPSA) is 6.48 Å². The third kappa shape index (κ3) is 4.89. The van der Waals surface area contributed by atoms with Crippen molar-refractivity contribution in [3.05, 3.63) is 0 Å². The van der Waals surface area contributed by atoms with E-state index in [0.717, 1.165) is 30.0 Å². The van der Waals surface area contributed by atoms with E-state index in [1.165, 1.54) is 70.8 Å². The molecule has 0 radical (unpaired) electrons. The van der Waals surface area contributed by atoms with Crippen LogP contribution in [-0.4, -0.2) is 46.1 Å². The summed E-state index contributed by atoms with van der Waals surface area (Å²) in [5, 5.41) is 0. The van der Waals surface area contributed by atoms with E-state index < -0.39 is 0 Å². The molecule has 2 heterocycles. The number of fused-ring (bicyclic) bond motifs is 1. The molecular formula is C27H52N2. The molecule has 3 aliphatic rings. The Morgan fingerprint density at radius 1 is 0.931 bits per heavy atom. The third-order valence-corrected chi connectivity index (χ3v) is 9.24. The lowest BCUT2D eigenvalue weighted by atomic mass is 9.74. The van der Waals surface area contributed by atoms with Crippen molar-refractivity contribution in [2.75, 3.05) is 6.54 Å². The summed E-state index contributed by atoms with van der Waals surface area (Å²) in [6.45, 7) is 21.3. The van der Waals surface area contributed by atoms with Gasteiger partial charge in [-0.1, -0.05) is 40.5 Å². The first-order chi connectivity index (χ1) is 13.6. The molecule has 0 spiro atoms. The smallest absolute Gasteiger partial charge is 0.0156 e. The summed E-state index contributed by atoms with van der Waals surface area (Å²) in [5.74, 6) is 1.83. The van der Waals surface area contributed by atoms with Gasteiger partial charge in [-0.25, -0.2) is 0 Å². The highest BCUT2D eigenvalue weighted by Gasteiger charge is 2.50. The highest BCUT2D eigenvalue weighted by molar-refractivity contribution is 5.04. The van der Waals surface area contributed by atoms with Crippen LogP contribution in [0.25, 0.3) is 0 Å². The molecule has 2 heteroatoms. The first kappa shape index (κ1) is 23.6. The van der Waals surface area contributed by atoms with Gasteiger partial charge < -0.3 is 0 Å². The maximum absolute atomic E-state index is 2.95. The Labute approximate surface area is 183 Å². The summed E-state index contributed by atoms with van der Waals surface area (Å²) < 4.78 is 0. The Morgan fingerprint density at radius 3 is 2.31 bits per heavy atom. The van der Waals surface area contributed by atoms with Crippen LogP contribution in [0.2, 0.25) is 0 Å². The summed E-state index contributed by atoms with van der Waals surface area (Å²) >= 11 is 0. The molecule has 0 N–H and O–H groups in total. The van der Waals surface area contributed by atoms with Crippen LogP contribution in [0.3, 0.4) is 0 Å². The molecule has 2 aliphatic heterocycles. The van der Waals surface area contributed by atoms with Gasteiger partial charge in [-0.2, -0.15) is 0 Å². The SMILES string of the molecule is CCCC(C)C1CCCN1C(C)(C)CCC(C)(C)C1CC2CCCC2N1C(C)C. The van der Waals surface area contributed by atoms with Gasteiger partial charge in [0.1, 0.15) is 0 Å². The van der Waals surface area contributed by atoms with Crippen molar-refractivity contribution in [3.63, 3.8) is 0 Å². The van der Waals surface area contributed by atoms with Gasteiger partial charge >= 0.3 is 0 Å². The Hall–Kier alpha value is -0.0800. The first-order valence-corrected chi connectivity index (χ1v) is 13.1. The molecule has 3 rings (SSSR count). The molecule has 2 saturated heterocycles. The Morgan fingerprint density at radius 2 is 1.66 bits per heavy atom. The average Bonchev–Trinajstić information content (AvgIpc) is 3.34. The van der Waals surface area contributed by atoms with Crippen LogP contribution in [0.15, 0.2) is 0 Å². The molecule has 5 atom stereocenters. The molecule has 0 aromatic rings. The minimum Gasteiger partial charge on any atom is -0.295 e. The fraction of sp³-hybridized carbons (Fsp3) is 1.00. The monoisotopic (exact) mass is 404 g/mol.